The molecule has 3 rings (SSSR count). The topological polar surface area (TPSA) is 55.4 Å². The Bertz CT molecular complexity index is 1010. The number of carbonyl (C=O) groups is 2. The van der Waals surface area contributed by atoms with E-state index in [-0.39, 0.29) is 18.3 Å². The van der Waals surface area contributed by atoms with Crippen molar-refractivity contribution in [1.82, 2.24) is 0 Å². The van der Waals surface area contributed by atoms with Crippen LogP contribution < -0.4 is 10.1 Å². The number of ether oxygens (including phenoxy) is 1. The van der Waals surface area contributed by atoms with Crippen LogP contribution in [0.2, 0.25) is 5.02 Å². The summed E-state index contributed by atoms with van der Waals surface area (Å²) in [5, 5.41) is 3.18. The van der Waals surface area contributed by atoms with Crippen molar-refractivity contribution in [3.63, 3.8) is 0 Å². The normalized spacial score (nSPS) is 10.4. The number of hydrogen-bond acceptors (Lipinski definition) is 3. The van der Waals surface area contributed by atoms with Crippen molar-refractivity contribution in [3.05, 3.63) is 94.0 Å². The molecule has 0 aliphatic heterocycles. The maximum atomic E-state index is 12.3. The lowest BCUT2D eigenvalue weighted by atomic mass is 10.0. The number of ketones is 1. The summed E-state index contributed by atoms with van der Waals surface area (Å²) >= 11 is 6.04. The zero-order valence-corrected chi connectivity index (χ0v) is 16.4. The van der Waals surface area contributed by atoms with Gasteiger partial charge in [0.05, 0.1) is 10.6 Å². The van der Waals surface area contributed by atoms with Crippen LogP contribution in [0.25, 0.3) is 0 Å². The predicted octanol–water partition coefficient (Wildman–Crippen LogP) is 5.47. The maximum absolute atomic E-state index is 12.3. The van der Waals surface area contributed by atoms with E-state index in [1.165, 1.54) is 0 Å². The zero-order chi connectivity index (χ0) is 20.1. The summed E-state index contributed by atoms with van der Waals surface area (Å²) in [6, 6.07) is 19.3. The molecule has 28 heavy (non-hydrogen) atoms. The van der Waals surface area contributed by atoms with Gasteiger partial charge < -0.3 is 10.1 Å². The minimum atomic E-state index is -0.288. The van der Waals surface area contributed by atoms with Crippen molar-refractivity contribution in [2.45, 2.75) is 13.8 Å². The van der Waals surface area contributed by atoms with Crippen LogP contribution in [-0.4, -0.2) is 18.3 Å². The Kier molecular flexibility index (Phi) is 6.12. The number of hydrogen-bond donors (Lipinski definition) is 1. The number of amides is 1. The average Bonchev–Trinajstić information content (AvgIpc) is 2.69. The van der Waals surface area contributed by atoms with Crippen molar-refractivity contribution in [2.75, 3.05) is 11.9 Å². The molecular formula is C23H20ClNO3. The molecule has 142 valence electrons. The highest BCUT2D eigenvalue weighted by molar-refractivity contribution is 6.34. The summed E-state index contributed by atoms with van der Waals surface area (Å²) in [6.45, 7) is 3.93. The molecule has 4 nitrogen and oxygen atoms in total. The molecule has 0 fully saturated rings. The average molecular weight is 394 g/mol. The van der Waals surface area contributed by atoms with Gasteiger partial charge in [-0.15, -0.1) is 0 Å². The molecule has 0 heterocycles. The van der Waals surface area contributed by atoms with E-state index in [0.717, 1.165) is 11.1 Å². The van der Waals surface area contributed by atoms with E-state index in [2.05, 4.69) is 5.32 Å². The van der Waals surface area contributed by atoms with Gasteiger partial charge in [-0.3, -0.25) is 9.59 Å². The molecular weight excluding hydrogens is 374 g/mol. The Hall–Kier alpha value is -3.11. The molecule has 0 saturated heterocycles. The van der Waals surface area contributed by atoms with E-state index in [9.17, 15) is 9.59 Å². The summed E-state index contributed by atoms with van der Waals surface area (Å²) < 4.78 is 5.57. The van der Waals surface area contributed by atoms with Crippen LogP contribution in [0.4, 0.5) is 5.69 Å². The minimum absolute atomic E-state index is 0.0478. The van der Waals surface area contributed by atoms with Crippen LogP contribution in [0.5, 0.6) is 5.75 Å². The molecule has 3 aromatic carbocycles. The van der Waals surface area contributed by atoms with Gasteiger partial charge in [0, 0.05) is 11.3 Å². The maximum Gasteiger partial charge on any atom is 0.257 e. The Balaban J connectivity index is 1.58. The number of carbonyl (C=O) groups excluding carboxylic acids is 2. The van der Waals surface area contributed by atoms with Gasteiger partial charge in [-0.25, -0.2) is 0 Å². The first-order valence-corrected chi connectivity index (χ1v) is 9.21. The summed E-state index contributed by atoms with van der Waals surface area (Å²) in [5.41, 5.74) is 3.87. The van der Waals surface area contributed by atoms with Gasteiger partial charge in [-0.1, -0.05) is 35.9 Å². The molecule has 0 bridgehead atoms. The van der Waals surface area contributed by atoms with E-state index in [4.69, 9.17) is 16.3 Å². The third-order valence-corrected chi connectivity index (χ3v) is 4.76. The molecule has 0 aliphatic rings. The summed E-state index contributed by atoms with van der Waals surface area (Å²) in [4.78, 5) is 24.6. The first-order chi connectivity index (χ1) is 13.4. The lowest BCUT2D eigenvalue weighted by Gasteiger charge is -2.09. The number of Topliss-reactive ketones (excluding diaryl/α,β-unsaturated/α-hetero) is 1. The van der Waals surface area contributed by atoms with Crippen molar-refractivity contribution in [2.24, 2.45) is 0 Å². The van der Waals surface area contributed by atoms with E-state index in [1.54, 1.807) is 54.6 Å². The predicted molar refractivity (Wildman–Crippen MR) is 112 cm³/mol. The second-order valence-corrected chi connectivity index (χ2v) is 6.88. The molecule has 0 unspecified atom stereocenters. The van der Waals surface area contributed by atoms with Crippen molar-refractivity contribution in [1.29, 1.82) is 0 Å². The Labute approximate surface area is 169 Å². The first kappa shape index (κ1) is 19.6. The fraction of sp³-hybridized carbons (Fsp3) is 0.130. The molecule has 0 atom stereocenters. The smallest absolute Gasteiger partial charge is 0.257 e. The van der Waals surface area contributed by atoms with E-state index < -0.39 is 0 Å². The van der Waals surface area contributed by atoms with E-state index in [0.29, 0.717) is 27.6 Å². The van der Waals surface area contributed by atoms with Gasteiger partial charge in [0.1, 0.15) is 5.75 Å². The Morgan fingerprint density at radius 1 is 0.929 bits per heavy atom. The monoisotopic (exact) mass is 393 g/mol. The number of aryl methyl sites for hydroxylation is 2. The molecule has 5 heteroatoms. The highest BCUT2D eigenvalue weighted by Gasteiger charge is 2.11. The number of anilines is 1. The second kappa shape index (κ2) is 8.72. The van der Waals surface area contributed by atoms with Crippen LogP contribution in [0, 0.1) is 13.8 Å². The number of halogens is 1. The fourth-order valence-electron chi connectivity index (χ4n) is 2.63. The molecule has 3 aromatic rings. The number of nitrogens with one attached hydrogen (secondary N) is 1. The lowest BCUT2D eigenvalue weighted by Crippen LogP contribution is -2.13. The molecule has 0 radical (unpaired) electrons. The van der Waals surface area contributed by atoms with Gasteiger partial charge in [0.2, 0.25) is 0 Å². The van der Waals surface area contributed by atoms with Crippen LogP contribution in [-0.2, 0) is 0 Å². The fourth-order valence-corrected chi connectivity index (χ4v) is 2.85. The highest BCUT2D eigenvalue weighted by Crippen LogP contribution is 2.20. The van der Waals surface area contributed by atoms with Crippen molar-refractivity contribution in [3.8, 4) is 5.75 Å². The van der Waals surface area contributed by atoms with Gasteiger partial charge in [-0.2, -0.15) is 0 Å². The minimum Gasteiger partial charge on any atom is -0.485 e. The molecule has 0 aromatic heterocycles. The first-order valence-electron chi connectivity index (χ1n) is 8.83. The number of benzene rings is 3. The molecule has 0 aliphatic carbocycles. The largest absolute Gasteiger partial charge is 0.485 e. The molecule has 1 amide bonds. The highest BCUT2D eigenvalue weighted by atomic mass is 35.5. The quantitative estimate of drug-likeness (QED) is 0.565. The SMILES string of the molecule is Cc1ccc(C(=O)COc2ccc(NC(=O)c3ccccc3Cl)cc2)cc1C. The Morgan fingerprint density at radius 3 is 2.32 bits per heavy atom. The summed E-state index contributed by atoms with van der Waals surface area (Å²) in [7, 11) is 0. The zero-order valence-electron chi connectivity index (χ0n) is 15.7. The summed E-state index contributed by atoms with van der Waals surface area (Å²) in [6.07, 6.45) is 0. The van der Waals surface area contributed by atoms with Crippen LogP contribution in [0.1, 0.15) is 31.8 Å². The van der Waals surface area contributed by atoms with Crippen molar-refractivity contribution < 1.29 is 14.3 Å². The van der Waals surface area contributed by atoms with E-state index >= 15 is 0 Å². The molecule has 0 spiro atoms. The van der Waals surface area contributed by atoms with Crippen LogP contribution in [0.3, 0.4) is 0 Å². The standard InChI is InChI=1S/C23H20ClNO3/c1-15-7-8-17(13-16(15)2)22(26)14-28-19-11-9-18(10-12-19)25-23(27)20-5-3-4-6-21(20)24/h3-13H,14H2,1-2H3,(H,25,27). The van der Waals surface area contributed by atoms with Gasteiger partial charge in [0.25, 0.3) is 5.91 Å². The van der Waals surface area contributed by atoms with Crippen LogP contribution >= 0.6 is 11.6 Å². The van der Waals surface area contributed by atoms with Gasteiger partial charge in [0.15, 0.2) is 12.4 Å². The van der Waals surface area contributed by atoms with Gasteiger partial charge >= 0.3 is 0 Å². The third-order valence-electron chi connectivity index (χ3n) is 4.43. The molecule has 0 saturated carbocycles. The summed E-state index contributed by atoms with van der Waals surface area (Å²) in [5.74, 6) is 0.177. The van der Waals surface area contributed by atoms with Gasteiger partial charge in [-0.05, 0) is 67.4 Å². The Morgan fingerprint density at radius 2 is 1.64 bits per heavy atom. The third kappa shape index (κ3) is 4.78. The lowest BCUT2D eigenvalue weighted by molar-refractivity contribution is 0.0921. The van der Waals surface area contributed by atoms with Crippen LogP contribution in [0.15, 0.2) is 66.7 Å². The second-order valence-electron chi connectivity index (χ2n) is 6.47. The van der Waals surface area contributed by atoms with Crippen molar-refractivity contribution >= 4 is 29.0 Å². The van der Waals surface area contributed by atoms with E-state index in [1.807, 2.05) is 26.0 Å². The molecule has 1 N–H and O–H groups in total. The number of rotatable bonds is 6.